The van der Waals surface area contributed by atoms with Gasteiger partial charge in [-0.1, -0.05) is 19.9 Å². The number of hydrogen-bond donors (Lipinski definition) is 2. The van der Waals surface area contributed by atoms with Gasteiger partial charge in [0.2, 0.25) is 0 Å². The van der Waals surface area contributed by atoms with Crippen molar-refractivity contribution in [2.75, 3.05) is 39.9 Å². The third-order valence-corrected chi connectivity index (χ3v) is 4.84. The molecule has 166 valence electrons. The number of rotatable bonds is 9. The number of methoxy groups -OCH3 is 1. The van der Waals surface area contributed by atoms with Crippen LogP contribution in [-0.2, 0) is 6.54 Å². The molecule has 29 heavy (non-hydrogen) atoms. The number of nitrogens with zero attached hydrogens (tertiary/aromatic N) is 2. The van der Waals surface area contributed by atoms with Crippen molar-refractivity contribution in [1.29, 1.82) is 0 Å². The van der Waals surface area contributed by atoms with Gasteiger partial charge in [-0.05, 0) is 50.3 Å². The van der Waals surface area contributed by atoms with Gasteiger partial charge >= 0.3 is 0 Å². The fourth-order valence-electron chi connectivity index (χ4n) is 3.55. The van der Waals surface area contributed by atoms with E-state index in [0.29, 0.717) is 19.2 Å². The van der Waals surface area contributed by atoms with Crippen LogP contribution in [-0.4, -0.2) is 56.8 Å². The first kappa shape index (κ1) is 25.8. The Bertz CT molecular complexity index is 617. The van der Waals surface area contributed by atoms with Crippen LogP contribution in [0.2, 0.25) is 0 Å². The van der Waals surface area contributed by atoms with Gasteiger partial charge < -0.3 is 25.0 Å². The largest absolute Gasteiger partial charge is 0.493 e. The maximum absolute atomic E-state index is 5.67. The fourth-order valence-corrected chi connectivity index (χ4v) is 3.55. The highest BCUT2D eigenvalue weighted by atomic mass is 127. The van der Waals surface area contributed by atoms with E-state index in [2.05, 4.69) is 36.3 Å². The van der Waals surface area contributed by atoms with Gasteiger partial charge in [-0.15, -0.1) is 24.0 Å². The van der Waals surface area contributed by atoms with Crippen molar-refractivity contribution in [2.45, 2.75) is 53.1 Å². The van der Waals surface area contributed by atoms with Gasteiger partial charge in [0.15, 0.2) is 17.5 Å². The Labute approximate surface area is 193 Å². The lowest BCUT2D eigenvalue weighted by molar-refractivity contribution is 0.187. The molecule has 1 heterocycles. The first-order chi connectivity index (χ1) is 13.5. The Kier molecular flexibility index (Phi) is 12.4. The molecule has 1 fully saturated rings. The molecule has 2 rings (SSSR count). The highest BCUT2D eigenvalue weighted by Crippen LogP contribution is 2.28. The van der Waals surface area contributed by atoms with Gasteiger partial charge in [0, 0.05) is 32.2 Å². The van der Waals surface area contributed by atoms with Crippen molar-refractivity contribution in [3.63, 3.8) is 0 Å². The lowest BCUT2D eigenvalue weighted by Crippen LogP contribution is -2.49. The highest BCUT2D eigenvalue weighted by molar-refractivity contribution is 14.0. The van der Waals surface area contributed by atoms with Crippen LogP contribution in [0.1, 0.15) is 46.1 Å². The predicted molar refractivity (Wildman–Crippen MR) is 132 cm³/mol. The summed E-state index contributed by atoms with van der Waals surface area (Å²) < 4.78 is 11.0. The van der Waals surface area contributed by atoms with E-state index >= 15 is 0 Å². The van der Waals surface area contributed by atoms with Crippen LogP contribution in [0.3, 0.4) is 0 Å². The van der Waals surface area contributed by atoms with Crippen LogP contribution in [0.15, 0.2) is 23.2 Å². The quantitative estimate of drug-likeness (QED) is 0.295. The molecule has 0 amide bonds. The third kappa shape index (κ3) is 8.99. The van der Waals surface area contributed by atoms with Gasteiger partial charge in [0.05, 0.1) is 20.3 Å². The lowest BCUT2D eigenvalue weighted by atomic mass is 10.0. The zero-order chi connectivity index (χ0) is 20.4. The first-order valence-corrected chi connectivity index (χ1v) is 10.6. The van der Waals surface area contributed by atoms with Crippen LogP contribution in [0.25, 0.3) is 0 Å². The van der Waals surface area contributed by atoms with Gasteiger partial charge in [-0.2, -0.15) is 0 Å². The maximum atomic E-state index is 5.67. The number of ether oxygens (including phenoxy) is 2. The number of aliphatic imine (C=N–C) groups is 1. The van der Waals surface area contributed by atoms with Crippen molar-refractivity contribution in [3.8, 4) is 11.5 Å². The number of hydrogen-bond acceptors (Lipinski definition) is 4. The average Bonchev–Trinajstić information content (AvgIpc) is 2.68. The van der Waals surface area contributed by atoms with E-state index in [1.54, 1.807) is 7.11 Å². The van der Waals surface area contributed by atoms with E-state index in [4.69, 9.17) is 14.5 Å². The summed E-state index contributed by atoms with van der Waals surface area (Å²) in [7, 11) is 1.66. The third-order valence-electron chi connectivity index (χ3n) is 4.84. The molecule has 0 aromatic heterocycles. The Balaban J connectivity index is 0.00000420. The molecule has 0 saturated carbocycles. The Morgan fingerprint density at radius 2 is 1.93 bits per heavy atom. The molecule has 1 aliphatic rings. The van der Waals surface area contributed by atoms with Gasteiger partial charge in [0.25, 0.3) is 0 Å². The number of likely N-dealkylation sites (tertiary alicyclic amines) is 1. The van der Waals surface area contributed by atoms with E-state index in [1.165, 1.54) is 6.54 Å². The second kappa shape index (κ2) is 13.9. The topological polar surface area (TPSA) is 58.1 Å². The molecular formula is C22H39IN4O2. The molecule has 0 unspecified atom stereocenters. The van der Waals surface area contributed by atoms with E-state index in [1.807, 2.05) is 25.1 Å². The molecule has 0 aliphatic carbocycles. The van der Waals surface area contributed by atoms with E-state index in [0.717, 1.165) is 61.4 Å². The zero-order valence-electron chi connectivity index (χ0n) is 18.7. The Morgan fingerprint density at radius 3 is 2.52 bits per heavy atom. The minimum absolute atomic E-state index is 0. The second-order valence-electron chi connectivity index (χ2n) is 7.73. The molecule has 0 radical (unpaired) electrons. The van der Waals surface area contributed by atoms with E-state index in [-0.39, 0.29) is 24.0 Å². The average molecular weight is 518 g/mol. The van der Waals surface area contributed by atoms with Crippen LogP contribution in [0.4, 0.5) is 0 Å². The molecule has 1 aromatic carbocycles. The summed E-state index contributed by atoms with van der Waals surface area (Å²) in [5, 5.41) is 6.99. The monoisotopic (exact) mass is 518 g/mol. The number of benzene rings is 1. The summed E-state index contributed by atoms with van der Waals surface area (Å²) in [5.41, 5.74) is 1.10. The first-order valence-electron chi connectivity index (χ1n) is 10.6. The van der Waals surface area contributed by atoms with Crippen LogP contribution in [0.5, 0.6) is 11.5 Å². The standard InChI is InChI=1S/C22H38N4O2.HI/c1-6-23-22(25-19-10-12-26(13-11-19)16-17(3)4)24-15-18-8-9-20(27-5)21(14-18)28-7-2;/h8-9,14,17,19H,6-7,10-13,15-16H2,1-5H3,(H2,23,24,25);1H. The molecule has 7 heteroatoms. The summed E-state index contributed by atoms with van der Waals surface area (Å²) in [5.74, 6) is 3.15. The SMILES string of the molecule is CCNC(=NCc1ccc(OC)c(OCC)c1)NC1CCN(CC(C)C)CC1.I. The smallest absolute Gasteiger partial charge is 0.191 e. The maximum Gasteiger partial charge on any atom is 0.191 e. The summed E-state index contributed by atoms with van der Waals surface area (Å²) in [6, 6.07) is 6.48. The minimum Gasteiger partial charge on any atom is -0.493 e. The number of halogens is 1. The molecule has 1 saturated heterocycles. The molecule has 6 nitrogen and oxygen atoms in total. The molecule has 0 spiro atoms. The Morgan fingerprint density at radius 1 is 1.21 bits per heavy atom. The second-order valence-corrected chi connectivity index (χ2v) is 7.73. The van der Waals surface area contributed by atoms with Gasteiger partial charge in [0.1, 0.15) is 0 Å². The van der Waals surface area contributed by atoms with Crippen molar-refractivity contribution in [3.05, 3.63) is 23.8 Å². The van der Waals surface area contributed by atoms with E-state index in [9.17, 15) is 0 Å². The molecule has 1 aliphatic heterocycles. The predicted octanol–water partition coefficient (Wildman–Crippen LogP) is 3.89. The summed E-state index contributed by atoms with van der Waals surface area (Å²) >= 11 is 0. The number of nitrogens with one attached hydrogen (secondary N) is 2. The van der Waals surface area contributed by atoms with Crippen LogP contribution in [0, 0.1) is 5.92 Å². The number of guanidine groups is 1. The minimum atomic E-state index is 0. The van der Waals surface area contributed by atoms with E-state index < -0.39 is 0 Å². The van der Waals surface area contributed by atoms with Gasteiger partial charge in [-0.3, -0.25) is 0 Å². The summed E-state index contributed by atoms with van der Waals surface area (Å²) in [4.78, 5) is 7.36. The number of piperidine rings is 1. The zero-order valence-corrected chi connectivity index (χ0v) is 21.0. The van der Waals surface area contributed by atoms with Crippen molar-refractivity contribution < 1.29 is 9.47 Å². The molecule has 1 aromatic rings. The summed E-state index contributed by atoms with van der Waals surface area (Å²) in [6.07, 6.45) is 2.32. The van der Waals surface area contributed by atoms with Crippen molar-refractivity contribution >= 4 is 29.9 Å². The molecule has 0 bridgehead atoms. The summed E-state index contributed by atoms with van der Waals surface area (Å²) in [6.45, 7) is 14.2. The van der Waals surface area contributed by atoms with Crippen LogP contribution < -0.4 is 20.1 Å². The highest BCUT2D eigenvalue weighted by Gasteiger charge is 2.20. The van der Waals surface area contributed by atoms with Gasteiger partial charge in [-0.25, -0.2) is 4.99 Å². The lowest BCUT2D eigenvalue weighted by Gasteiger charge is -2.34. The Hall–Kier alpha value is -1.22. The fraction of sp³-hybridized carbons (Fsp3) is 0.682. The molecular weight excluding hydrogens is 479 g/mol. The van der Waals surface area contributed by atoms with Crippen LogP contribution >= 0.6 is 24.0 Å². The van der Waals surface area contributed by atoms with Crippen molar-refractivity contribution in [1.82, 2.24) is 15.5 Å². The van der Waals surface area contributed by atoms with Crippen molar-refractivity contribution in [2.24, 2.45) is 10.9 Å². The normalized spacial score (nSPS) is 15.7. The molecule has 2 N–H and O–H groups in total. The molecule has 0 atom stereocenters.